The molecule has 126 valence electrons. The molecule has 0 spiro atoms. The van der Waals surface area contributed by atoms with Crippen LogP contribution in [0.2, 0.25) is 5.02 Å². The van der Waals surface area contributed by atoms with Crippen molar-refractivity contribution in [3.8, 4) is 0 Å². The van der Waals surface area contributed by atoms with Crippen LogP contribution in [0.15, 0.2) is 24.3 Å². The van der Waals surface area contributed by atoms with Crippen LogP contribution >= 0.6 is 11.6 Å². The molecule has 2 amide bonds. The van der Waals surface area contributed by atoms with Gasteiger partial charge in [0, 0.05) is 36.4 Å². The summed E-state index contributed by atoms with van der Waals surface area (Å²) in [5.41, 5.74) is 0.675. The Labute approximate surface area is 141 Å². The number of nitrogens with one attached hydrogen (secondary N) is 1. The number of amides is 2. The minimum Gasteiger partial charge on any atom is -0.381 e. The standard InChI is InChI=1S/C17H23ClN2O3/c1-2-9-20(17(22)13-7-10-23-11-8-13)12-16(21)19-15-5-3-14(18)4-6-15/h3-6,13H,2,7-12H2,1H3,(H,19,21). The van der Waals surface area contributed by atoms with Gasteiger partial charge in [0.05, 0.1) is 6.54 Å². The lowest BCUT2D eigenvalue weighted by atomic mass is 9.98. The zero-order valence-corrected chi connectivity index (χ0v) is 14.1. The molecule has 0 radical (unpaired) electrons. The summed E-state index contributed by atoms with van der Waals surface area (Å²) in [4.78, 5) is 26.5. The summed E-state index contributed by atoms with van der Waals surface area (Å²) in [6.07, 6.45) is 2.29. The molecule has 1 aliphatic heterocycles. The first-order valence-corrected chi connectivity index (χ1v) is 8.40. The Kier molecular flexibility index (Phi) is 6.86. The van der Waals surface area contributed by atoms with Crippen molar-refractivity contribution in [3.05, 3.63) is 29.3 Å². The molecule has 6 heteroatoms. The van der Waals surface area contributed by atoms with Crippen LogP contribution in [0, 0.1) is 5.92 Å². The number of carbonyl (C=O) groups excluding carboxylic acids is 2. The Hall–Kier alpha value is -1.59. The van der Waals surface area contributed by atoms with Gasteiger partial charge in [-0.15, -0.1) is 0 Å². The van der Waals surface area contributed by atoms with Crippen LogP contribution in [0.1, 0.15) is 26.2 Å². The third-order valence-corrected chi connectivity index (χ3v) is 4.09. The highest BCUT2D eigenvalue weighted by Gasteiger charge is 2.27. The lowest BCUT2D eigenvalue weighted by molar-refractivity contribution is -0.141. The lowest BCUT2D eigenvalue weighted by Gasteiger charge is -2.28. The average Bonchev–Trinajstić information content (AvgIpc) is 2.57. The summed E-state index contributed by atoms with van der Waals surface area (Å²) in [5.74, 6) is -0.166. The fourth-order valence-electron chi connectivity index (χ4n) is 2.65. The number of benzene rings is 1. The number of hydrogen-bond acceptors (Lipinski definition) is 3. The van der Waals surface area contributed by atoms with Gasteiger partial charge in [-0.2, -0.15) is 0 Å². The molecular weight excluding hydrogens is 316 g/mol. The predicted molar refractivity (Wildman–Crippen MR) is 90.5 cm³/mol. The first kappa shape index (κ1) is 17.8. The van der Waals surface area contributed by atoms with Crippen LogP contribution in [-0.4, -0.2) is 43.0 Å². The molecule has 5 nitrogen and oxygen atoms in total. The van der Waals surface area contributed by atoms with Crippen molar-refractivity contribution in [2.45, 2.75) is 26.2 Å². The second-order valence-corrected chi connectivity index (χ2v) is 6.14. The normalized spacial score (nSPS) is 15.2. The summed E-state index contributed by atoms with van der Waals surface area (Å²) < 4.78 is 5.30. The summed E-state index contributed by atoms with van der Waals surface area (Å²) in [6.45, 7) is 3.90. The van der Waals surface area contributed by atoms with Crippen LogP contribution < -0.4 is 5.32 Å². The van der Waals surface area contributed by atoms with Gasteiger partial charge >= 0.3 is 0 Å². The van der Waals surface area contributed by atoms with Crippen LogP contribution in [0.5, 0.6) is 0 Å². The van der Waals surface area contributed by atoms with Crippen LogP contribution in [0.4, 0.5) is 5.69 Å². The van der Waals surface area contributed by atoms with Crippen LogP contribution in [0.25, 0.3) is 0 Å². The maximum atomic E-state index is 12.6. The summed E-state index contributed by atoms with van der Waals surface area (Å²) >= 11 is 5.83. The quantitative estimate of drug-likeness (QED) is 0.867. The molecule has 1 aromatic carbocycles. The molecule has 0 bridgehead atoms. The number of ether oxygens (including phenoxy) is 1. The molecule has 0 unspecified atom stereocenters. The van der Waals surface area contributed by atoms with Crippen molar-refractivity contribution in [1.29, 1.82) is 0 Å². The van der Waals surface area contributed by atoms with Crippen molar-refractivity contribution in [3.63, 3.8) is 0 Å². The van der Waals surface area contributed by atoms with Gasteiger partial charge in [-0.25, -0.2) is 0 Å². The average molecular weight is 339 g/mol. The van der Waals surface area contributed by atoms with Crippen molar-refractivity contribution < 1.29 is 14.3 Å². The zero-order chi connectivity index (χ0) is 16.7. The second kappa shape index (κ2) is 8.89. The van der Waals surface area contributed by atoms with E-state index < -0.39 is 0 Å². The topological polar surface area (TPSA) is 58.6 Å². The third kappa shape index (κ3) is 5.52. The van der Waals surface area contributed by atoms with Gasteiger partial charge in [0.15, 0.2) is 0 Å². The van der Waals surface area contributed by atoms with E-state index in [9.17, 15) is 9.59 Å². The van der Waals surface area contributed by atoms with Gasteiger partial charge in [-0.1, -0.05) is 18.5 Å². The van der Waals surface area contributed by atoms with Gasteiger partial charge in [-0.05, 0) is 43.5 Å². The molecule has 1 heterocycles. The van der Waals surface area contributed by atoms with E-state index in [1.807, 2.05) is 6.92 Å². The van der Waals surface area contributed by atoms with Crippen LogP contribution in [-0.2, 0) is 14.3 Å². The van der Waals surface area contributed by atoms with Crippen LogP contribution in [0.3, 0.4) is 0 Å². The van der Waals surface area contributed by atoms with Gasteiger partial charge in [0.2, 0.25) is 11.8 Å². The number of rotatable bonds is 6. The molecule has 1 fully saturated rings. The van der Waals surface area contributed by atoms with E-state index in [0.717, 1.165) is 19.3 Å². The maximum absolute atomic E-state index is 12.6. The molecule has 2 rings (SSSR count). The van der Waals surface area contributed by atoms with Crippen molar-refractivity contribution in [1.82, 2.24) is 4.90 Å². The van der Waals surface area contributed by atoms with E-state index in [-0.39, 0.29) is 24.3 Å². The Morgan fingerprint density at radius 3 is 2.52 bits per heavy atom. The van der Waals surface area contributed by atoms with E-state index in [0.29, 0.717) is 30.5 Å². The molecule has 1 aliphatic rings. The Morgan fingerprint density at radius 1 is 1.26 bits per heavy atom. The fraction of sp³-hybridized carbons (Fsp3) is 0.529. The lowest BCUT2D eigenvalue weighted by Crippen LogP contribution is -2.43. The molecule has 1 aromatic rings. The Bertz CT molecular complexity index is 527. The zero-order valence-electron chi connectivity index (χ0n) is 13.4. The van der Waals surface area contributed by atoms with Crippen molar-refractivity contribution >= 4 is 29.1 Å². The van der Waals surface area contributed by atoms with Gasteiger partial charge in [0.1, 0.15) is 0 Å². The monoisotopic (exact) mass is 338 g/mol. The SMILES string of the molecule is CCCN(CC(=O)Nc1ccc(Cl)cc1)C(=O)C1CCOCC1. The molecule has 0 aliphatic carbocycles. The second-order valence-electron chi connectivity index (χ2n) is 5.70. The van der Waals surface area contributed by atoms with E-state index >= 15 is 0 Å². The number of carbonyl (C=O) groups is 2. The third-order valence-electron chi connectivity index (χ3n) is 3.84. The molecule has 1 N–H and O–H groups in total. The van der Waals surface area contributed by atoms with Gasteiger partial charge in [0.25, 0.3) is 0 Å². The molecule has 0 atom stereocenters. The smallest absolute Gasteiger partial charge is 0.243 e. The van der Waals surface area contributed by atoms with E-state index in [1.54, 1.807) is 29.2 Å². The van der Waals surface area contributed by atoms with E-state index in [2.05, 4.69) is 5.32 Å². The molecule has 0 aromatic heterocycles. The number of halogens is 1. The van der Waals surface area contributed by atoms with E-state index in [4.69, 9.17) is 16.3 Å². The summed E-state index contributed by atoms with van der Waals surface area (Å²) in [6, 6.07) is 6.91. The molecular formula is C17H23ClN2O3. The highest BCUT2D eigenvalue weighted by Crippen LogP contribution is 2.18. The van der Waals surface area contributed by atoms with E-state index in [1.165, 1.54) is 0 Å². The number of anilines is 1. The first-order chi connectivity index (χ1) is 11.1. The molecule has 0 saturated carbocycles. The molecule has 1 saturated heterocycles. The summed E-state index contributed by atoms with van der Waals surface area (Å²) in [5, 5.41) is 3.42. The molecule has 23 heavy (non-hydrogen) atoms. The van der Waals surface area contributed by atoms with Gasteiger partial charge in [-0.3, -0.25) is 9.59 Å². The minimum atomic E-state index is -0.193. The minimum absolute atomic E-state index is 0.0290. The van der Waals surface area contributed by atoms with Gasteiger partial charge < -0.3 is 15.0 Å². The maximum Gasteiger partial charge on any atom is 0.243 e. The Morgan fingerprint density at radius 2 is 1.91 bits per heavy atom. The highest BCUT2D eigenvalue weighted by atomic mass is 35.5. The highest BCUT2D eigenvalue weighted by molar-refractivity contribution is 6.30. The summed E-state index contributed by atoms with van der Waals surface area (Å²) in [7, 11) is 0. The largest absolute Gasteiger partial charge is 0.381 e. The number of nitrogens with zero attached hydrogens (tertiary/aromatic N) is 1. The van der Waals surface area contributed by atoms with Crippen molar-refractivity contribution in [2.75, 3.05) is 31.6 Å². The number of hydrogen-bond donors (Lipinski definition) is 1. The first-order valence-electron chi connectivity index (χ1n) is 8.02. The fourth-order valence-corrected chi connectivity index (χ4v) is 2.77. The predicted octanol–water partition coefficient (Wildman–Crippen LogP) is 2.94. The van der Waals surface area contributed by atoms with Crippen molar-refractivity contribution in [2.24, 2.45) is 5.92 Å². The Balaban J connectivity index is 1.93.